The van der Waals surface area contributed by atoms with E-state index in [9.17, 15) is 9.59 Å². The Kier molecular flexibility index (Phi) is 12.3. The van der Waals surface area contributed by atoms with E-state index in [0.29, 0.717) is 18.6 Å². The minimum Gasteiger partial charge on any atom is -0.481 e. The Bertz CT molecular complexity index is 173. The molecule has 0 aromatic rings. The van der Waals surface area contributed by atoms with Crippen LogP contribution in [0.5, 0.6) is 0 Å². The molecule has 0 rings (SSSR count). The molecule has 0 fully saturated rings. The van der Waals surface area contributed by atoms with Crippen LogP contribution in [0.15, 0.2) is 0 Å². The molecule has 6 heteroatoms. The number of thiol groups is 2. The quantitative estimate of drug-likeness (QED) is 0.550. The first-order valence-corrected chi connectivity index (χ1v) is 5.34. The molecule has 0 saturated heterocycles. The molecule has 0 saturated carbocycles. The Morgan fingerprint density at radius 2 is 1.86 bits per heavy atom. The highest BCUT2D eigenvalue weighted by Crippen LogP contribution is 2.01. The molecule has 2 N–H and O–H groups in total. The van der Waals surface area contributed by atoms with Crippen LogP contribution >= 0.6 is 25.3 Å². The summed E-state index contributed by atoms with van der Waals surface area (Å²) in [7, 11) is 0. The van der Waals surface area contributed by atoms with Gasteiger partial charge >= 0.3 is 11.9 Å². The fraction of sp³-hybridized carbons (Fsp3) is 0.750. The average Bonchev–Trinajstić information content (AvgIpc) is 2.05. The van der Waals surface area contributed by atoms with Crippen molar-refractivity contribution < 1.29 is 19.8 Å². The normalized spacial score (nSPS) is 11.1. The summed E-state index contributed by atoms with van der Waals surface area (Å²) in [5, 5.41) is 15.6. The van der Waals surface area contributed by atoms with Crippen molar-refractivity contribution in [2.75, 3.05) is 5.75 Å². The molecular weight excluding hydrogens is 224 g/mol. The van der Waals surface area contributed by atoms with Gasteiger partial charge in [0.2, 0.25) is 0 Å². The summed E-state index contributed by atoms with van der Waals surface area (Å²) in [5.74, 6) is -1.01. The molecule has 0 spiro atoms. The first-order valence-electron chi connectivity index (χ1n) is 4.19. The van der Waals surface area contributed by atoms with Gasteiger partial charge in [0.1, 0.15) is 5.25 Å². The molecule has 1 unspecified atom stereocenters. The predicted molar refractivity (Wildman–Crippen MR) is 61.4 cm³/mol. The van der Waals surface area contributed by atoms with Crippen molar-refractivity contribution in [1.82, 2.24) is 0 Å². The Labute approximate surface area is 94.5 Å². The van der Waals surface area contributed by atoms with E-state index in [2.05, 4.69) is 25.3 Å². The molecule has 0 heterocycles. The zero-order chi connectivity index (χ0) is 11.6. The van der Waals surface area contributed by atoms with E-state index >= 15 is 0 Å². The number of carboxylic acid groups (broad SMARTS) is 2. The topological polar surface area (TPSA) is 74.6 Å². The molecular formula is C8H16O4S2. The molecule has 0 aliphatic heterocycles. The molecule has 0 bridgehead atoms. The standard InChI is InChI=1S/C4H8O2S2.C4H8O2/c5-4(6)3(8)1-2-7;1-2-3-4(5)6/h3,7-8H,1-2H2,(H,5,6);2-3H2,1H3,(H,5,6). The molecule has 0 aliphatic rings. The van der Waals surface area contributed by atoms with Crippen LogP contribution in [0.3, 0.4) is 0 Å². The highest BCUT2D eigenvalue weighted by atomic mass is 32.1. The lowest BCUT2D eigenvalue weighted by atomic mass is 10.3. The van der Waals surface area contributed by atoms with Crippen LogP contribution in [0.4, 0.5) is 0 Å². The molecule has 14 heavy (non-hydrogen) atoms. The summed E-state index contributed by atoms with van der Waals surface area (Å²) in [5.41, 5.74) is 0. The van der Waals surface area contributed by atoms with Crippen LogP contribution in [0.25, 0.3) is 0 Å². The lowest BCUT2D eigenvalue weighted by molar-refractivity contribution is -0.137. The fourth-order valence-corrected chi connectivity index (χ4v) is 1.05. The van der Waals surface area contributed by atoms with Crippen molar-refractivity contribution in [2.24, 2.45) is 0 Å². The fourth-order valence-electron chi connectivity index (χ4n) is 0.460. The molecule has 0 radical (unpaired) electrons. The van der Waals surface area contributed by atoms with Gasteiger partial charge in [0.05, 0.1) is 0 Å². The highest BCUT2D eigenvalue weighted by molar-refractivity contribution is 7.82. The van der Waals surface area contributed by atoms with E-state index < -0.39 is 17.2 Å². The summed E-state index contributed by atoms with van der Waals surface area (Å²) >= 11 is 7.60. The van der Waals surface area contributed by atoms with Crippen LogP contribution in [-0.2, 0) is 9.59 Å². The van der Waals surface area contributed by atoms with Crippen molar-refractivity contribution >= 4 is 37.2 Å². The zero-order valence-electron chi connectivity index (χ0n) is 8.01. The maximum Gasteiger partial charge on any atom is 0.316 e. The number of carboxylic acids is 2. The third-order valence-corrected chi connectivity index (χ3v) is 1.89. The summed E-state index contributed by atoms with van der Waals surface area (Å²) in [6.07, 6.45) is 1.54. The van der Waals surface area contributed by atoms with Gasteiger partial charge in [-0.05, 0) is 18.6 Å². The smallest absolute Gasteiger partial charge is 0.316 e. The van der Waals surface area contributed by atoms with E-state index in [0.717, 1.165) is 6.42 Å². The third kappa shape index (κ3) is 14.2. The largest absolute Gasteiger partial charge is 0.481 e. The van der Waals surface area contributed by atoms with Crippen molar-refractivity contribution in [3.63, 3.8) is 0 Å². The molecule has 0 amide bonds. The predicted octanol–water partition coefficient (Wildman–Crippen LogP) is 1.56. The number of rotatable bonds is 5. The van der Waals surface area contributed by atoms with Gasteiger partial charge < -0.3 is 10.2 Å². The van der Waals surface area contributed by atoms with Crippen molar-refractivity contribution in [3.8, 4) is 0 Å². The summed E-state index contributed by atoms with van der Waals surface area (Å²) in [4.78, 5) is 19.6. The Morgan fingerprint density at radius 3 is 1.93 bits per heavy atom. The summed E-state index contributed by atoms with van der Waals surface area (Å²) in [6.45, 7) is 1.84. The lowest BCUT2D eigenvalue weighted by Gasteiger charge is -1.98. The van der Waals surface area contributed by atoms with Gasteiger partial charge in [0, 0.05) is 6.42 Å². The zero-order valence-corrected chi connectivity index (χ0v) is 9.80. The molecule has 0 aliphatic carbocycles. The van der Waals surface area contributed by atoms with Gasteiger partial charge in [-0.15, -0.1) is 0 Å². The van der Waals surface area contributed by atoms with Crippen LogP contribution in [0.1, 0.15) is 26.2 Å². The minimum absolute atomic E-state index is 0.292. The van der Waals surface area contributed by atoms with Gasteiger partial charge in [-0.2, -0.15) is 25.3 Å². The first-order chi connectivity index (χ1) is 6.45. The molecule has 4 nitrogen and oxygen atoms in total. The van der Waals surface area contributed by atoms with E-state index in [1.54, 1.807) is 0 Å². The van der Waals surface area contributed by atoms with Gasteiger partial charge in [-0.25, -0.2) is 0 Å². The van der Waals surface area contributed by atoms with Gasteiger partial charge in [-0.3, -0.25) is 9.59 Å². The van der Waals surface area contributed by atoms with E-state index in [-0.39, 0.29) is 0 Å². The van der Waals surface area contributed by atoms with E-state index in [1.165, 1.54) is 0 Å². The average molecular weight is 240 g/mol. The number of hydrogen-bond acceptors (Lipinski definition) is 4. The van der Waals surface area contributed by atoms with Crippen LogP contribution < -0.4 is 0 Å². The van der Waals surface area contributed by atoms with Crippen LogP contribution in [0.2, 0.25) is 0 Å². The summed E-state index contributed by atoms with van der Waals surface area (Å²) < 4.78 is 0. The van der Waals surface area contributed by atoms with Gasteiger partial charge in [0.25, 0.3) is 0 Å². The third-order valence-electron chi connectivity index (χ3n) is 1.15. The van der Waals surface area contributed by atoms with Gasteiger partial charge in [0.15, 0.2) is 0 Å². The minimum atomic E-state index is -0.873. The van der Waals surface area contributed by atoms with Crippen molar-refractivity contribution in [1.29, 1.82) is 0 Å². The maximum absolute atomic E-state index is 9.98. The number of hydrogen-bond donors (Lipinski definition) is 4. The second kappa shape index (κ2) is 10.7. The van der Waals surface area contributed by atoms with Gasteiger partial charge in [-0.1, -0.05) is 6.92 Å². The Hall–Kier alpha value is -0.360. The summed E-state index contributed by atoms with van der Waals surface area (Å²) in [6, 6.07) is 0. The monoisotopic (exact) mass is 240 g/mol. The van der Waals surface area contributed by atoms with Crippen LogP contribution in [-0.4, -0.2) is 33.2 Å². The Morgan fingerprint density at radius 1 is 1.36 bits per heavy atom. The highest BCUT2D eigenvalue weighted by Gasteiger charge is 2.08. The molecule has 1 atom stereocenters. The second-order valence-corrected chi connectivity index (χ2v) is 3.58. The maximum atomic E-state index is 9.98. The second-order valence-electron chi connectivity index (χ2n) is 2.51. The van der Waals surface area contributed by atoms with E-state index in [1.807, 2.05) is 6.92 Å². The lowest BCUT2D eigenvalue weighted by Crippen LogP contribution is -2.13. The Balaban J connectivity index is 0. The van der Waals surface area contributed by atoms with E-state index in [4.69, 9.17) is 10.2 Å². The van der Waals surface area contributed by atoms with Crippen LogP contribution in [0, 0.1) is 0 Å². The molecule has 84 valence electrons. The first kappa shape index (κ1) is 16.1. The molecule has 0 aromatic carbocycles. The number of carbonyl (C=O) groups is 2. The number of aliphatic carboxylic acids is 2. The van der Waals surface area contributed by atoms with Crippen molar-refractivity contribution in [2.45, 2.75) is 31.4 Å². The SMILES string of the molecule is CCCC(=O)O.O=C(O)C(S)CCS. The molecule has 0 aromatic heterocycles. The van der Waals surface area contributed by atoms with Crippen molar-refractivity contribution in [3.05, 3.63) is 0 Å².